The number of pyridine rings is 1. The lowest BCUT2D eigenvalue weighted by Crippen LogP contribution is -2.36. The number of para-hydroxylation sites is 1. The molecule has 0 fully saturated rings. The van der Waals surface area contributed by atoms with Crippen molar-refractivity contribution in [3.63, 3.8) is 0 Å². The molecule has 0 saturated heterocycles. The zero-order valence-electron chi connectivity index (χ0n) is 13.2. The van der Waals surface area contributed by atoms with Crippen LogP contribution in [0.1, 0.15) is 25.3 Å². The van der Waals surface area contributed by atoms with Crippen molar-refractivity contribution in [1.82, 2.24) is 10.3 Å². The zero-order valence-corrected chi connectivity index (χ0v) is 14.0. The Bertz CT molecular complexity index is 797. The summed E-state index contributed by atoms with van der Waals surface area (Å²) in [5.74, 6) is 0.00856. The molecule has 1 N–H and O–H groups in total. The second-order valence-electron chi connectivity index (χ2n) is 5.62. The number of nitrogens with one attached hydrogen (secondary N) is 1. The molecular weight excluding hydrogens is 310 g/mol. The number of sulfone groups is 1. The predicted molar refractivity (Wildman–Crippen MR) is 91.5 cm³/mol. The number of rotatable bonds is 8. The molecule has 0 aliphatic heterocycles. The molecule has 0 aliphatic rings. The van der Waals surface area contributed by atoms with Crippen LogP contribution in [0.5, 0.6) is 0 Å². The van der Waals surface area contributed by atoms with Gasteiger partial charge in [-0.15, -0.1) is 0 Å². The Morgan fingerprint density at radius 1 is 1.35 bits per heavy atom. The Hall–Kier alpha value is -1.97. The van der Waals surface area contributed by atoms with Crippen molar-refractivity contribution in [2.75, 3.05) is 12.3 Å². The summed E-state index contributed by atoms with van der Waals surface area (Å²) in [6.07, 6.45) is 3.23. The van der Waals surface area contributed by atoms with Crippen molar-refractivity contribution in [3.05, 3.63) is 42.1 Å². The van der Waals surface area contributed by atoms with Gasteiger partial charge < -0.3 is 5.32 Å². The van der Waals surface area contributed by atoms with Gasteiger partial charge in [-0.05, 0) is 24.1 Å². The smallest absolute Gasteiger partial charge is 0.156 e. The first-order valence-corrected chi connectivity index (χ1v) is 9.50. The van der Waals surface area contributed by atoms with E-state index in [9.17, 15) is 8.42 Å². The molecule has 0 amide bonds. The number of benzene rings is 1. The van der Waals surface area contributed by atoms with E-state index in [2.05, 4.69) is 10.3 Å². The molecule has 1 aromatic carbocycles. The number of nitrogens with zero attached hydrogens (tertiary/aromatic N) is 2. The summed E-state index contributed by atoms with van der Waals surface area (Å²) in [6, 6.07) is 11.3. The molecule has 0 spiro atoms. The largest absolute Gasteiger partial charge is 0.301 e. The predicted octanol–water partition coefficient (Wildman–Crippen LogP) is 2.43. The molecule has 23 heavy (non-hydrogen) atoms. The van der Waals surface area contributed by atoms with Crippen molar-refractivity contribution in [2.24, 2.45) is 0 Å². The van der Waals surface area contributed by atoms with Gasteiger partial charge in [0.25, 0.3) is 0 Å². The van der Waals surface area contributed by atoms with Crippen LogP contribution in [0.15, 0.2) is 36.5 Å². The maximum Gasteiger partial charge on any atom is 0.156 e. The third kappa shape index (κ3) is 5.31. The lowest BCUT2D eigenvalue weighted by molar-refractivity contribution is 0.523. The second kappa shape index (κ2) is 8.04. The van der Waals surface area contributed by atoms with E-state index in [4.69, 9.17) is 5.26 Å². The van der Waals surface area contributed by atoms with Crippen LogP contribution >= 0.6 is 0 Å². The van der Waals surface area contributed by atoms with Crippen LogP contribution in [0.4, 0.5) is 0 Å². The highest BCUT2D eigenvalue weighted by Gasteiger charge is 2.19. The molecule has 6 heteroatoms. The number of hydrogen-bond acceptors (Lipinski definition) is 5. The number of nitriles is 1. The Morgan fingerprint density at radius 3 is 2.87 bits per heavy atom. The van der Waals surface area contributed by atoms with Crippen molar-refractivity contribution in [3.8, 4) is 6.07 Å². The minimum atomic E-state index is -3.27. The Labute approximate surface area is 137 Å². The van der Waals surface area contributed by atoms with Crippen LogP contribution in [-0.2, 0) is 15.6 Å². The summed E-state index contributed by atoms with van der Waals surface area (Å²) >= 11 is 0. The molecule has 5 nitrogen and oxygen atoms in total. The van der Waals surface area contributed by atoms with Gasteiger partial charge in [0.1, 0.15) is 0 Å². The molecule has 0 radical (unpaired) electrons. The second-order valence-corrected chi connectivity index (χ2v) is 7.72. The van der Waals surface area contributed by atoms with Crippen LogP contribution in [-0.4, -0.2) is 31.7 Å². The molecule has 2 rings (SSSR count). The molecule has 0 bridgehead atoms. The fourth-order valence-electron chi connectivity index (χ4n) is 2.60. The highest BCUT2D eigenvalue weighted by atomic mass is 32.2. The van der Waals surface area contributed by atoms with Gasteiger partial charge in [-0.3, -0.25) is 4.98 Å². The highest BCUT2D eigenvalue weighted by Crippen LogP contribution is 2.15. The summed E-state index contributed by atoms with van der Waals surface area (Å²) in [5.41, 5.74) is 1.55. The van der Waals surface area contributed by atoms with Crippen LogP contribution in [0.25, 0.3) is 10.9 Å². The van der Waals surface area contributed by atoms with E-state index in [1.54, 1.807) is 6.20 Å². The molecule has 1 aromatic heterocycles. The monoisotopic (exact) mass is 331 g/mol. The Kier molecular flexibility index (Phi) is 6.08. The summed E-state index contributed by atoms with van der Waals surface area (Å²) in [7, 11) is -3.27. The van der Waals surface area contributed by atoms with E-state index in [0.717, 1.165) is 23.7 Å². The third-order valence-electron chi connectivity index (χ3n) is 3.60. The van der Waals surface area contributed by atoms with Gasteiger partial charge in [-0.2, -0.15) is 5.26 Å². The van der Waals surface area contributed by atoms with Crippen molar-refractivity contribution < 1.29 is 8.42 Å². The first-order valence-electron chi connectivity index (χ1n) is 7.68. The fraction of sp³-hybridized carbons (Fsp3) is 0.412. The molecule has 1 heterocycles. The topological polar surface area (TPSA) is 82.8 Å². The minimum absolute atomic E-state index is 0.0285. The van der Waals surface area contributed by atoms with Crippen LogP contribution in [0.3, 0.4) is 0 Å². The van der Waals surface area contributed by atoms with Gasteiger partial charge in [0.05, 0.1) is 29.6 Å². The van der Waals surface area contributed by atoms with Gasteiger partial charge in [0, 0.05) is 17.6 Å². The summed E-state index contributed by atoms with van der Waals surface area (Å²) in [6.45, 7) is 2.17. The maximum atomic E-state index is 12.4. The van der Waals surface area contributed by atoms with Gasteiger partial charge in [0.2, 0.25) is 0 Å². The van der Waals surface area contributed by atoms with E-state index in [1.165, 1.54) is 0 Å². The van der Waals surface area contributed by atoms with E-state index < -0.39 is 9.84 Å². The zero-order chi connectivity index (χ0) is 16.7. The average molecular weight is 331 g/mol. The lowest BCUT2D eigenvalue weighted by Gasteiger charge is -2.16. The van der Waals surface area contributed by atoms with Gasteiger partial charge in [-0.1, -0.05) is 31.5 Å². The van der Waals surface area contributed by atoms with Crippen LogP contribution in [0.2, 0.25) is 0 Å². The van der Waals surface area contributed by atoms with E-state index in [0.29, 0.717) is 5.56 Å². The van der Waals surface area contributed by atoms with Crippen molar-refractivity contribution in [2.45, 2.75) is 31.6 Å². The third-order valence-corrected chi connectivity index (χ3v) is 5.28. The first-order chi connectivity index (χ1) is 11.0. The first kappa shape index (κ1) is 17.4. The standard InChI is InChI=1S/C17H21N3O2S/c1-2-5-16(19-9-8-18)13-23(21,22)12-14-10-15-6-3-4-7-17(15)20-11-14/h3-4,6-7,10-11,16,19H,2,5,9,12-13H2,1H3/t16-/m0/s1. The van der Waals surface area contributed by atoms with Gasteiger partial charge in [0.15, 0.2) is 9.84 Å². The molecule has 1 atom stereocenters. The Morgan fingerprint density at radius 2 is 2.13 bits per heavy atom. The summed E-state index contributed by atoms with van der Waals surface area (Å²) < 4.78 is 24.9. The van der Waals surface area contributed by atoms with Gasteiger partial charge >= 0.3 is 0 Å². The number of hydrogen-bond donors (Lipinski definition) is 1. The molecular formula is C17H21N3O2S. The van der Waals surface area contributed by atoms with Crippen LogP contribution < -0.4 is 5.32 Å². The van der Waals surface area contributed by atoms with Crippen LogP contribution in [0, 0.1) is 11.3 Å². The normalized spacial score (nSPS) is 12.9. The fourth-order valence-corrected chi connectivity index (χ4v) is 4.28. The molecule has 122 valence electrons. The van der Waals surface area contributed by atoms with E-state index in [-0.39, 0.29) is 24.1 Å². The van der Waals surface area contributed by atoms with Gasteiger partial charge in [-0.25, -0.2) is 8.42 Å². The highest BCUT2D eigenvalue weighted by molar-refractivity contribution is 7.90. The number of aromatic nitrogens is 1. The Balaban J connectivity index is 2.10. The molecule has 0 unspecified atom stereocenters. The van der Waals surface area contributed by atoms with Crippen molar-refractivity contribution in [1.29, 1.82) is 5.26 Å². The minimum Gasteiger partial charge on any atom is -0.301 e. The molecule has 0 aliphatic carbocycles. The lowest BCUT2D eigenvalue weighted by atomic mass is 10.2. The molecule has 2 aromatic rings. The number of fused-ring (bicyclic) bond motifs is 1. The maximum absolute atomic E-state index is 12.4. The van der Waals surface area contributed by atoms with E-state index >= 15 is 0 Å². The summed E-state index contributed by atoms with van der Waals surface area (Å²) in [5, 5.41) is 12.6. The van der Waals surface area contributed by atoms with Crippen molar-refractivity contribution >= 4 is 20.7 Å². The summed E-state index contributed by atoms with van der Waals surface area (Å²) in [4.78, 5) is 4.31. The SMILES string of the molecule is CCC[C@@H](CS(=O)(=O)Cc1cnc2ccccc2c1)NCC#N. The molecule has 0 saturated carbocycles. The average Bonchev–Trinajstić information content (AvgIpc) is 2.52. The quantitative estimate of drug-likeness (QED) is 0.751. The van der Waals surface area contributed by atoms with E-state index in [1.807, 2.05) is 43.3 Å².